The van der Waals surface area contributed by atoms with Gasteiger partial charge in [0.05, 0.1) is 0 Å². The van der Waals surface area contributed by atoms with Gasteiger partial charge in [-0.1, -0.05) is 12.1 Å². The third-order valence-corrected chi connectivity index (χ3v) is 0.887. The third-order valence-electron chi connectivity index (χ3n) is 0.887. The fourth-order valence-corrected chi connectivity index (χ4v) is 0.475. The van der Waals surface area contributed by atoms with E-state index in [0.717, 1.165) is 12.8 Å². The summed E-state index contributed by atoms with van der Waals surface area (Å²) in [6.45, 7) is 5.89. The van der Waals surface area contributed by atoms with Gasteiger partial charge in [-0.2, -0.15) is 0 Å². The maximum atomic E-state index is 5.46. The van der Waals surface area contributed by atoms with E-state index in [4.69, 9.17) is 10.6 Å². The first-order valence-electron chi connectivity index (χ1n) is 3.65. The first-order chi connectivity index (χ1) is 4.66. The number of rotatable bonds is 4. The molecule has 0 aromatic rings. The second kappa shape index (κ2) is 5.09. The van der Waals surface area contributed by atoms with Crippen molar-refractivity contribution in [2.75, 3.05) is 0 Å². The monoisotopic (exact) mass is 144 g/mol. The van der Waals surface area contributed by atoms with Gasteiger partial charge in [0.2, 0.25) is 0 Å². The van der Waals surface area contributed by atoms with Crippen molar-refractivity contribution in [2.24, 2.45) is 10.9 Å². The molecule has 10 heavy (non-hydrogen) atoms. The molecule has 0 spiro atoms. The van der Waals surface area contributed by atoms with Crippen molar-refractivity contribution in [3.63, 3.8) is 0 Å². The van der Waals surface area contributed by atoms with E-state index in [0.29, 0.717) is 5.84 Å². The lowest BCUT2D eigenvalue weighted by molar-refractivity contribution is 0.0851. The molecule has 0 rings (SSSR count). The van der Waals surface area contributed by atoms with E-state index in [1.165, 1.54) is 0 Å². The lowest BCUT2D eigenvalue weighted by Crippen LogP contribution is -2.12. The molecule has 0 aliphatic heterocycles. The van der Waals surface area contributed by atoms with Crippen LogP contribution in [0.4, 0.5) is 0 Å². The number of amidine groups is 1. The van der Waals surface area contributed by atoms with Crippen LogP contribution in [0.1, 0.15) is 33.6 Å². The maximum absolute atomic E-state index is 5.46. The standard InChI is InChI=1S/C7H16N2O/c1-4-5-7(8)9-10-6(2)3/h6H,4-5H2,1-3H3,(H2,8,9). The van der Waals surface area contributed by atoms with Crippen molar-refractivity contribution in [3.8, 4) is 0 Å². The van der Waals surface area contributed by atoms with Crippen LogP contribution in [0, 0.1) is 0 Å². The Morgan fingerprint density at radius 3 is 2.60 bits per heavy atom. The van der Waals surface area contributed by atoms with Crippen LogP contribution in [-0.4, -0.2) is 11.9 Å². The van der Waals surface area contributed by atoms with E-state index in [9.17, 15) is 0 Å². The highest BCUT2D eigenvalue weighted by atomic mass is 16.6. The Morgan fingerprint density at radius 2 is 2.20 bits per heavy atom. The molecule has 60 valence electrons. The topological polar surface area (TPSA) is 47.6 Å². The highest BCUT2D eigenvalue weighted by Gasteiger charge is 1.92. The molecule has 0 heterocycles. The second-order valence-corrected chi connectivity index (χ2v) is 2.49. The van der Waals surface area contributed by atoms with Crippen molar-refractivity contribution in [1.82, 2.24) is 0 Å². The van der Waals surface area contributed by atoms with Gasteiger partial charge in [-0.05, 0) is 20.3 Å². The first-order valence-corrected chi connectivity index (χ1v) is 3.65. The molecular formula is C7H16N2O. The van der Waals surface area contributed by atoms with Crippen molar-refractivity contribution < 1.29 is 4.84 Å². The number of oxime groups is 1. The molecule has 0 atom stereocenters. The van der Waals surface area contributed by atoms with Gasteiger partial charge in [0.1, 0.15) is 11.9 Å². The van der Waals surface area contributed by atoms with E-state index in [-0.39, 0.29) is 6.10 Å². The molecule has 0 aromatic heterocycles. The van der Waals surface area contributed by atoms with E-state index in [2.05, 4.69) is 12.1 Å². The number of hydrogen-bond acceptors (Lipinski definition) is 2. The summed E-state index contributed by atoms with van der Waals surface area (Å²) in [5.41, 5.74) is 5.46. The fraction of sp³-hybridized carbons (Fsp3) is 0.857. The van der Waals surface area contributed by atoms with Gasteiger partial charge in [-0.25, -0.2) is 0 Å². The molecule has 0 aliphatic carbocycles. The Balaban J connectivity index is 3.47. The van der Waals surface area contributed by atoms with Crippen LogP contribution in [-0.2, 0) is 4.84 Å². The van der Waals surface area contributed by atoms with Crippen LogP contribution in [0.25, 0.3) is 0 Å². The summed E-state index contributed by atoms with van der Waals surface area (Å²) in [7, 11) is 0. The predicted molar refractivity (Wildman–Crippen MR) is 42.8 cm³/mol. The summed E-state index contributed by atoms with van der Waals surface area (Å²) >= 11 is 0. The van der Waals surface area contributed by atoms with Gasteiger partial charge in [-0.3, -0.25) is 0 Å². The number of nitrogens with zero attached hydrogens (tertiary/aromatic N) is 1. The van der Waals surface area contributed by atoms with Crippen LogP contribution < -0.4 is 5.73 Å². The minimum atomic E-state index is 0.121. The SMILES string of the molecule is CCC/C(N)=N/OC(C)C. The highest BCUT2D eigenvalue weighted by Crippen LogP contribution is 1.91. The Bertz CT molecular complexity index is 110. The van der Waals surface area contributed by atoms with Crippen LogP contribution in [0.2, 0.25) is 0 Å². The van der Waals surface area contributed by atoms with Crippen LogP contribution in [0.5, 0.6) is 0 Å². The lowest BCUT2D eigenvalue weighted by Gasteiger charge is -2.02. The third kappa shape index (κ3) is 5.41. The minimum absolute atomic E-state index is 0.121. The average molecular weight is 144 g/mol. The molecule has 0 bridgehead atoms. The largest absolute Gasteiger partial charge is 0.392 e. The minimum Gasteiger partial charge on any atom is -0.392 e. The van der Waals surface area contributed by atoms with Gasteiger partial charge in [0, 0.05) is 6.42 Å². The first kappa shape index (κ1) is 9.27. The van der Waals surface area contributed by atoms with Gasteiger partial charge < -0.3 is 10.6 Å². The predicted octanol–water partition coefficient (Wildman–Crippen LogP) is 1.48. The van der Waals surface area contributed by atoms with Gasteiger partial charge >= 0.3 is 0 Å². The van der Waals surface area contributed by atoms with E-state index in [1.807, 2.05) is 13.8 Å². The zero-order chi connectivity index (χ0) is 7.98. The number of nitrogens with two attached hydrogens (primary N) is 1. The zero-order valence-corrected chi connectivity index (χ0v) is 6.92. The maximum Gasteiger partial charge on any atom is 0.139 e. The highest BCUT2D eigenvalue weighted by molar-refractivity contribution is 5.79. The molecule has 2 N–H and O–H groups in total. The summed E-state index contributed by atoms with van der Waals surface area (Å²) in [5.74, 6) is 0.580. The Morgan fingerprint density at radius 1 is 1.60 bits per heavy atom. The normalized spacial score (nSPS) is 12.2. The molecule has 0 unspecified atom stereocenters. The molecule has 3 nitrogen and oxygen atoms in total. The van der Waals surface area contributed by atoms with E-state index < -0.39 is 0 Å². The number of hydrogen-bond donors (Lipinski definition) is 1. The smallest absolute Gasteiger partial charge is 0.139 e. The molecule has 3 heteroatoms. The van der Waals surface area contributed by atoms with Crippen molar-refractivity contribution in [1.29, 1.82) is 0 Å². The van der Waals surface area contributed by atoms with Crippen LogP contribution in [0.15, 0.2) is 5.16 Å². The Kier molecular flexibility index (Phi) is 4.72. The van der Waals surface area contributed by atoms with E-state index in [1.54, 1.807) is 0 Å². The van der Waals surface area contributed by atoms with Crippen molar-refractivity contribution in [2.45, 2.75) is 39.7 Å². The molecule has 0 radical (unpaired) electrons. The quantitative estimate of drug-likeness (QED) is 0.369. The van der Waals surface area contributed by atoms with Crippen molar-refractivity contribution >= 4 is 5.84 Å². The Hall–Kier alpha value is -0.730. The second-order valence-electron chi connectivity index (χ2n) is 2.49. The lowest BCUT2D eigenvalue weighted by atomic mass is 10.3. The molecule has 0 aromatic carbocycles. The van der Waals surface area contributed by atoms with Crippen LogP contribution >= 0.6 is 0 Å². The molecular weight excluding hydrogens is 128 g/mol. The summed E-state index contributed by atoms with van der Waals surface area (Å²) in [5, 5.41) is 3.71. The van der Waals surface area contributed by atoms with E-state index >= 15 is 0 Å². The fourth-order valence-electron chi connectivity index (χ4n) is 0.475. The van der Waals surface area contributed by atoms with Gasteiger partial charge in [0.25, 0.3) is 0 Å². The molecule has 0 saturated heterocycles. The molecule has 0 fully saturated rings. The summed E-state index contributed by atoms with van der Waals surface area (Å²) in [4.78, 5) is 4.92. The summed E-state index contributed by atoms with van der Waals surface area (Å²) < 4.78 is 0. The zero-order valence-electron chi connectivity index (χ0n) is 6.92. The molecule has 0 aliphatic rings. The average Bonchev–Trinajstić information content (AvgIpc) is 1.85. The van der Waals surface area contributed by atoms with Gasteiger partial charge in [-0.15, -0.1) is 0 Å². The summed E-state index contributed by atoms with van der Waals surface area (Å²) in [6, 6.07) is 0. The molecule has 0 saturated carbocycles. The van der Waals surface area contributed by atoms with Gasteiger partial charge in [0.15, 0.2) is 0 Å². The Labute approximate surface area is 62.2 Å². The van der Waals surface area contributed by atoms with Crippen molar-refractivity contribution in [3.05, 3.63) is 0 Å². The molecule has 0 amide bonds. The van der Waals surface area contributed by atoms with Crippen LogP contribution in [0.3, 0.4) is 0 Å². The summed E-state index contributed by atoms with van der Waals surface area (Å²) in [6.07, 6.45) is 1.94.